The minimum absolute atomic E-state index is 0.782. The van der Waals surface area contributed by atoms with Crippen molar-refractivity contribution in [2.24, 2.45) is 4.99 Å². The van der Waals surface area contributed by atoms with E-state index in [0.29, 0.717) is 0 Å². The Morgan fingerprint density at radius 1 is 1.21 bits per heavy atom. The third-order valence-electron chi connectivity index (χ3n) is 4.13. The van der Waals surface area contributed by atoms with Crippen molar-refractivity contribution in [3.05, 3.63) is 47.5 Å². The van der Waals surface area contributed by atoms with Gasteiger partial charge < -0.3 is 15.4 Å². The SMILES string of the molecule is C/C=C/CCNC(=NC)NCc1ccccc1CN1CCOCC1. The fourth-order valence-corrected chi connectivity index (χ4v) is 2.72. The second-order valence-corrected chi connectivity index (χ2v) is 5.87. The van der Waals surface area contributed by atoms with E-state index in [4.69, 9.17) is 4.74 Å². The maximum Gasteiger partial charge on any atom is 0.191 e. The van der Waals surface area contributed by atoms with Gasteiger partial charge in [0.05, 0.1) is 13.2 Å². The molecule has 1 fully saturated rings. The molecule has 1 aliphatic rings. The van der Waals surface area contributed by atoms with Crippen LogP contribution in [0.5, 0.6) is 0 Å². The van der Waals surface area contributed by atoms with Gasteiger partial charge in [-0.05, 0) is 24.5 Å². The van der Waals surface area contributed by atoms with Crippen LogP contribution in [0.25, 0.3) is 0 Å². The monoisotopic (exact) mass is 330 g/mol. The van der Waals surface area contributed by atoms with Gasteiger partial charge in [0.1, 0.15) is 0 Å². The molecule has 5 nitrogen and oxygen atoms in total. The number of benzene rings is 1. The van der Waals surface area contributed by atoms with E-state index in [0.717, 1.165) is 58.3 Å². The highest BCUT2D eigenvalue weighted by Gasteiger charge is 2.12. The fourth-order valence-electron chi connectivity index (χ4n) is 2.72. The van der Waals surface area contributed by atoms with E-state index in [9.17, 15) is 0 Å². The number of nitrogens with zero attached hydrogens (tertiary/aromatic N) is 2. The summed E-state index contributed by atoms with van der Waals surface area (Å²) < 4.78 is 5.43. The molecule has 1 aromatic carbocycles. The summed E-state index contributed by atoms with van der Waals surface area (Å²) in [4.78, 5) is 6.74. The van der Waals surface area contributed by atoms with Crippen LogP contribution in [0.1, 0.15) is 24.5 Å². The number of allylic oxidation sites excluding steroid dienone is 1. The molecule has 1 saturated heterocycles. The van der Waals surface area contributed by atoms with Crippen molar-refractivity contribution in [3.63, 3.8) is 0 Å². The predicted molar refractivity (Wildman–Crippen MR) is 100 cm³/mol. The normalized spacial score (nSPS) is 16.5. The minimum Gasteiger partial charge on any atom is -0.379 e. The van der Waals surface area contributed by atoms with Crippen LogP contribution in [0.15, 0.2) is 41.4 Å². The van der Waals surface area contributed by atoms with Crippen LogP contribution < -0.4 is 10.6 Å². The van der Waals surface area contributed by atoms with Gasteiger partial charge in [0.15, 0.2) is 5.96 Å². The molecule has 0 bridgehead atoms. The molecule has 0 aliphatic carbocycles. The molecule has 0 atom stereocenters. The van der Waals surface area contributed by atoms with Crippen molar-refractivity contribution in [1.29, 1.82) is 0 Å². The Kier molecular flexibility index (Phi) is 8.35. The van der Waals surface area contributed by atoms with Gasteiger partial charge in [-0.3, -0.25) is 9.89 Å². The molecular formula is C19H30N4O. The number of hydrogen-bond acceptors (Lipinski definition) is 3. The molecule has 0 aromatic heterocycles. The zero-order valence-electron chi connectivity index (χ0n) is 14.9. The number of ether oxygens (including phenoxy) is 1. The van der Waals surface area contributed by atoms with Crippen LogP contribution >= 0.6 is 0 Å². The first kappa shape index (κ1) is 18.5. The summed E-state index contributed by atoms with van der Waals surface area (Å²) in [5.74, 6) is 0.848. The van der Waals surface area contributed by atoms with Crippen LogP contribution in [0.3, 0.4) is 0 Å². The quantitative estimate of drug-likeness (QED) is 0.348. The fraction of sp³-hybridized carbons (Fsp3) is 0.526. The van der Waals surface area contributed by atoms with Crippen LogP contribution in [0.2, 0.25) is 0 Å². The molecular weight excluding hydrogens is 300 g/mol. The van der Waals surface area contributed by atoms with E-state index in [2.05, 4.69) is 56.9 Å². The number of rotatable bonds is 7. The number of guanidine groups is 1. The molecule has 1 heterocycles. The Hall–Kier alpha value is -1.85. The third kappa shape index (κ3) is 6.34. The first-order valence-electron chi connectivity index (χ1n) is 8.76. The van der Waals surface area contributed by atoms with E-state index < -0.39 is 0 Å². The lowest BCUT2D eigenvalue weighted by Gasteiger charge is -2.27. The molecule has 0 radical (unpaired) electrons. The standard InChI is InChI=1S/C19H30N4O/c1-3-4-7-10-21-19(20-2)22-15-17-8-5-6-9-18(17)16-23-11-13-24-14-12-23/h3-6,8-9H,7,10-16H2,1-2H3,(H2,20,21,22)/b4-3+. The summed E-state index contributed by atoms with van der Waals surface area (Å²) in [5.41, 5.74) is 2.69. The van der Waals surface area contributed by atoms with Crippen LogP contribution in [0.4, 0.5) is 0 Å². The van der Waals surface area contributed by atoms with Crippen molar-refractivity contribution in [2.45, 2.75) is 26.4 Å². The Bertz CT molecular complexity index is 536. The maximum absolute atomic E-state index is 5.43. The molecule has 1 aromatic rings. The van der Waals surface area contributed by atoms with Crippen molar-refractivity contribution >= 4 is 5.96 Å². The van der Waals surface area contributed by atoms with Crippen molar-refractivity contribution < 1.29 is 4.74 Å². The van der Waals surface area contributed by atoms with Crippen LogP contribution in [-0.2, 0) is 17.8 Å². The molecule has 0 amide bonds. The van der Waals surface area contributed by atoms with Gasteiger partial charge in [0, 0.05) is 39.8 Å². The van der Waals surface area contributed by atoms with Gasteiger partial charge in [0.25, 0.3) is 0 Å². The van der Waals surface area contributed by atoms with Crippen molar-refractivity contribution in [2.75, 3.05) is 39.9 Å². The molecule has 5 heteroatoms. The highest BCUT2D eigenvalue weighted by Crippen LogP contribution is 2.12. The lowest BCUT2D eigenvalue weighted by molar-refractivity contribution is 0.0341. The highest BCUT2D eigenvalue weighted by atomic mass is 16.5. The van der Waals surface area contributed by atoms with E-state index >= 15 is 0 Å². The number of hydrogen-bond donors (Lipinski definition) is 2. The average molecular weight is 330 g/mol. The Balaban J connectivity index is 1.86. The second-order valence-electron chi connectivity index (χ2n) is 5.87. The summed E-state index contributed by atoms with van der Waals surface area (Å²) in [6.45, 7) is 8.38. The molecule has 1 aliphatic heterocycles. The molecule has 2 rings (SSSR count). The van der Waals surface area contributed by atoms with Crippen LogP contribution in [0, 0.1) is 0 Å². The summed E-state index contributed by atoms with van der Waals surface area (Å²) >= 11 is 0. The smallest absolute Gasteiger partial charge is 0.191 e. The summed E-state index contributed by atoms with van der Waals surface area (Å²) in [7, 11) is 1.81. The first-order valence-corrected chi connectivity index (χ1v) is 8.76. The summed E-state index contributed by atoms with van der Waals surface area (Å²) in [6.07, 6.45) is 5.22. The number of aliphatic imine (C=N–C) groups is 1. The van der Waals surface area contributed by atoms with Crippen molar-refractivity contribution in [1.82, 2.24) is 15.5 Å². The van der Waals surface area contributed by atoms with Gasteiger partial charge in [-0.2, -0.15) is 0 Å². The Morgan fingerprint density at radius 2 is 1.96 bits per heavy atom. The largest absolute Gasteiger partial charge is 0.379 e. The first-order chi connectivity index (χ1) is 11.8. The van der Waals surface area contributed by atoms with Crippen molar-refractivity contribution in [3.8, 4) is 0 Å². The number of nitrogens with one attached hydrogen (secondary N) is 2. The summed E-state index contributed by atoms with van der Waals surface area (Å²) in [6, 6.07) is 8.62. The van der Waals surface area contributed by atoms with Gasteiger partial charge in [-0.15, -0.1) is 0 Å². The topological polar surface area (TPSA) is 48.9 Å². The van der Waals surface area contributed by atoms with E-state index in [1.807, 2.05) is 14.0 Å². The van der Waals surface area contributed by atoms with Gasteiger partial charge in [-0.1, -0.05) is 36.4 Å². The van der Waals surface area contributed by atoms with E-state index in [1.165, 1.54) is 11.1 Å². The second kappa shape index (κ2) is 10.8. The van der Waals surface area contributed by atoms with Gasteiger partial charge >= 0.3 is 0 Å². The maximum atomic E-state index is 5.43. The minimum atomic E-state index is 0.782. The predicted octanol–water partition coefficient (Wildman–Crippen LogP) is 2.15. The lowest BCUT2D eigenvalue weighted by atomic mass is 10.1. The molecule has 0 spiro atoms. The van der Waals surface area contributed by atoms with E-state index in [-0.39, 0.29) is 0 Å². The summed E-state index contributed by atoms with van der Waals surface area (Å²) in [5, 5.41) is 6.75. The highest BCUT2D eigenvalue weighted by molar-refractivity contribution is 5.79. The van der Waals surface area contributed by atoms with Gasteiger partial charge in [0.2, 0.25) is 0 Å². The Labute approximate surface area is 145 Å². The third-order valence-corrected chi connectivity index (χ3v) is 4.13. The molecule has 24 heavy (non-hydrogen) atoms. The zero-order chi connectivity index (χ0) is 17.0. The molecule has 2 N–H and O–H groups in total. The lowest BCUT2D eigenvalue weighted by Crippen LogP contribution is -2.38. The van der Waals surface area contributed by atoms with E-state index in [1.54, 1.807) is 0 Å². The molecule has 0 unspecified atom stereocenters. The van der Waals surface area contributed by atoms with Gasteiger partial charge in [-0.25, -0.2) is 0 Å². The molecule has 0 saturated carbocycles. The average Bonchev–Trinajstić information content (AvgIpc) is 2.63. The Morgan fingerprint density at radius 3 is 2.67 bits per heavy atom. The molecule has 132 valence electrons. The van der Waals surface area contributed by atoms with Crippen LogP contribution in [-0.4, -0.2) is 50.8 Å². The number of morpholine rings is 1. The zero-order valence-corrected chi connectivity index (χ0v) is 14.9.